The van der Waals surface area contributed by atoms with Crippen LogP contribution in [0.2, 0.25) is 0 Å². The molecule has 0 radical (unpaired) electrons. The second-order valence-corrected chi connectivity index (χ2v) is 7.31. The van der Waals surface area contributed by atoms with E-state index < -0.39 is 0 Å². The van der Waals surface area contributed by atoms with Gasteiger partial charge in [0.1, 0.15) is 16.7 Å². The van der Waals surface area contributed by atoms with Crippen molar-refractivity contribution in [2.24, 2.45) is 0 Å². The van der Waals surface area contributed by atoms with Gasteiger partial charge in [0.2, 0.25) is 5.75 Å². The minimum absolute atomic E-state index is 0.0953. The van der Waals surface area contributed by atoms with E-state index in [9.17, 15) is 9.90 Å². The predicted molar refractivity (Wildman–Crippen MR) is 108 cm³/mol. The lowest BCUT2D eigenvalue weighted by molar-refractivity contribution is 0.224. The summed E-state index contributed by atoms with van der Waals surface area (Å²) in [6.45, 7) is 5.99. The van der Waals surface area contributed by atoms with Crippen LogP contribution in [0.3, 0.4) is 0 Å². The molecule has 28 heavy (non-hydrogen) atoms. The first-order valence-electron chi connectivity index (χ1n) is 8.88. The fraction of sp³-hybridized carbons (Fsp3) is 0.286. The third-order valence-electron chi connectivity index (χ3n) is 3.78. The Morgan fingerprint density at radius 2 is 1.86 bits per heavy atom. The first kappa shape index (κ1) is 19.9. The summed E-state index contributed by atoms with van der Waals surface area (Å²) in [7, 11) is 1.51. The van der Waals surface area contributed by atoms with E-state index in [2.05, 4.69) is 0 Å². The summed E-state index contributed by atoms with van der Waals surface area (Å²) in [5.74, 6) is 1.30. The molecule has 3 aromatic rings. The van der Waals surface area contributed by atoms with E-state index >= 15 is 0 Å². The highest BCUT2D eigenvalue weighted by atomic mass is 32.2. The topological polar surface area (TPSA) is 78.1 Å². The smallest absolute Gasteiger partial charge is 0.204 e. The Labute approximate surface area is 167 Å². The average molecular weight is 402 g/mol. The molecule has 1 N–H and O–H groups in total. The quantitative estimate of drug-likeness (QED) is 0.605. The van der Waals surface area contributed by atoms with Gasteiger partial charge in [0, 0.05) is 17.0 Å². The van der Waals surface area contributed by atoms with Gasteiger partial charge in [-0.1, -0.05) is 11.8 Å². The Morgan fingerprint density at radius 1 is 1.14 bits per heavy atom. The third kappa shape index (κ3) is 4.20. The van der Waals surface area contributed by atoms with Crippen molar-refractivity contribution in [2.45, 2.75) is 36.9 Å². The fourth-order valence-corrected chi connectivity index (χ4v) is 3.52. The largest absolute Gasteiger partial charge is 0.508 e. The van der Waals surface area contributed by atoms with Gasteiger partial charge >= 0.3 is 0 Å². The normalized spacial score (nSPS) is 11.0. The molecule has 0 saturated heterocycles. The van der Waals surface area contributed by atoms with E-state index in [4.69, 9.17) is 18.6 Å². The Bertz CT molecular complexity index is 1020. The Kier molecular flexibility index (Phi) is 6.04. The number of benzene rings is 2. The van der Waals surface area contributed by atoms with E-state index in [-0.39, 0.29) is 17.3 Å². The number of hydrogen-bond donors (Lipinski definition) is 1. The minimum Gasteiger partial charge on any atom is -0.508 e. The number of ether oxygens (including phenoxy) is 3. The Hall–Kier alpha value is -2.80. The van der Waals surface area contributed by atoms with Gasteiger partial charge in [-0.2, -0.15) is 0 Å². The summed E-state index contributed by atoms with van der Waals surface area (Å²) in [4.78, 5) is 13.7. The van der Waals surface area contributed by atoms with Crippen LogP contribution in [0.25, 0.3) is 11.0 Å². The molecule has 1 aromatic heterocycles. The molecule has 0 saturated carbocycles. The zero-order valence-electron chi connectivity index (χ0n) is 16.1. The lowest BCUT2D eigenvalue weighted by Gasteiger charge is -2.18. The molecule has 1 heterocycles. The second-order valence-electron chi connectivity index (χ2n) is 6.24. The van der Waals surface area contributed by atoms with Gasteiger partial charge in [-0.3, -0.25) is 4.79 Å². The molecule has 0 spiro atoms. The zero-order chi connectivity index (χ0) is 20.3. The summed E-state index contributed by atoms with van der Waals surface area (Å²) in [6.07, 6.45) is -0.0953. The molecule has 0 bridgehead atoms. The Morgan fingerprint density at radius 3 is 2.46 bits per heavy atom. The van der Waals surface area contributed by atoms with Crippen LogP contribution in [0.5, 0.6) is 23.0 Å². The molecular weight excluding hydrogens is 380 g/mol. The summed E-state index contributed by atoms with van der Waals surface area (Å²) in [5, 5.41) is 10.2. The summed E-state index contributed by atoms with van der Waals surface area (Å²) in [5.41, 5.74) is 0.119. The van der Waals surface area contributed by atoms with Gasteiger partial charge in [-0.25, -0.2) is 0 Å². The van der Waals surface area contributed by atoms with E-state index in [1.54, 1.807) is 30.3 Å². The molecule has 0 aliphatic rings. The predicted octanol–water partition coefficient (Wildman–Crippen LogP) is 4.84. The second kappa shape index (κ2) is 8.48. The third-order valence-corrected chi connectivity index (χ3v) is 4.69. The van der Waals surface area contributed by atoms with Gasteiger partial charge in [0.05, 0.1) is 19.8 Å². The average Bonchev–Trinajstić information content (AvgIpc) is 2.63. The molecule has 6 nitrogen and oxygen atoms in total. The van der Waals surface area contributed by atoms with Crippen molar-refractivity contribution in [2.75, 3.05) is 13.7 Å². The lowest BCUT2D eigenvalue weighted by Crippen LogP contribution is -2.10. The lowest BCUT2D eigenvalue weighted by atomic mass is 10.1. The summed E-state index contributed by atoms with van der Waals surface area (Å²) in [6, 6.07) is 9.72. The molecule has 0 fully saturated rings. The monoisotopic (exact) mass is 402 g/mol. The number of phenolic OH excluding ortho intramolecular Hbond substituents is 1. The number of aromatic hydroxyl groups is 1. The van der Waals surface area contributed by atoms with Crippen LogP contribution in [-0.4, -0.2) is 24.9 Å². The fourth-order valence-electron chi connectivity index (χ4n) is 2.72. The van der Waals surface area contributed by atoms with Crippen LogP contribution in [0, 0.1) is 0 Å². The summed E-state index contributed by atoms with van der Waals surface area (Å²) >= 11 is 1.28. The maximum Gasteiger partial charge on any atom is 0.204 e. The van der Waals surface area contributed by atoms with Crippen LogP contribution < -0.4 is 19.6 Å². The van der Waals surface area contributed by atoms with E-state index in [1.807, 2.05) is 20.8 Å². The number of phenols is 1. The number of hydrogen-bond acceptors (Lipinski definition) is 7. The van der Waals surface area contributed by atoms with Crippen LogP contribution in [0.15, 0.2) is 55.6 Å². The van der Waals surface area contributed by atoms with Crippen molar-refractivity contribution >= 4 is 22.7 Å². The molecule has 0 aliphatic heterocycles. The Balaban J connectivity index is 2.16. The highest BCUT2D eigenvalue weighted by Crippen LogP contribution is 2.44. The highest BCUT2D eigenvalue weighted by molar-refractivity contribution is 7.99. The van der Waals surface area contributed by atoms with Crippen LogP contribution in [0.4, 0.5) is 0 Å². The molecular formula is C21H22O6S. The van der Waals surface area contributed by atoms with Crippen LogP contribution in [-0.2, 0) is 0 Å². The van der Waals surface area contributed by atoms with Crippen molar-refractivity contribution in [3.63, 3.8) is 0 Å². The first-order valence-corrected chi connectivity index (χ1v) is 9.69. The number of rotatable bonds is 7. The minimum atomic E-state index is -0.236. The number of fused-ring (bicyclic) bond motifs is 1. The molecule has 0 unspecified atom stereocenters. The van der Waals surface area contributed by atoms with Crippen molar-refractivity contribution in [1.29, 1.82) is 0 Å². The van der Waals surface area contributed by atoms with E-state index in [1.165, 1.54) is 24.9 Å². The number of methoxy groups -OCH3 is 1. The molecule has 3 rings (SSSR count). The first-order chi connectivity index (χ1) is 13.4. The molecule has 0 amide bonds. The standard InChI is InChI=1S/C21H22O6S/c1-5-25-21-19-15(23)10-18(28-14-8-6-13(22)7-9-14)27-16(19)11-17(20(21)24-4)26-12(2)3/h6-12,22H,5H2,1-4H3. The van der Waals surface area contributed by atoms with Crippen LogP contribution in [0.1, 0.15) is 20.8 Å². The van der Waals surface area contributed by atoms with Crippen molar-refractivity contribution < 1.29 is 23.7 Å². The van der Waals surface area contributed by atoms with Crippen molar-refractivity contribution in [3.8, 4) is 23.0 Å². The van der Waals surface area contributed by atoms with Gasteiger partial charge in [0.25, 0.3) is 0 Å². The van der Waals surface area contributed by atoms with Gasteiger partial charge in [-0.15, -0.1) is 0 Å². The van der Waals surface area contributed by atoms with Gasteiger partial charge < -0.3 is 23.7 Å². The van der Waals surface area contributed by atoms with Gasteiger partial charge in [0.15, 0.2) is 22.0 Å². The maximum atomic E-state index is 12.9. The van der Waals surface area contributed by atoms with Crippen molar-refractivity contribution in [1.82, 2.24) is 0 Å². The SMILES string of the molecule is CCOc1c(OC)c(OC(C)C)cc2oc(Sc3ccc(O)cc3)cc(=O)c12. The van der Waals surface area contributed by atoms with E-state index in [0.717, 1.165) is 4.90 Å². The molecule has 2 aromatic carbocycles. The highest BCUT2D eigenvalue weighted by Gasteiger charge is 2.22. The zero-order valence-corrected chi connectivity index (χ0v) is 17.0. The molecule has 7 heteroatoms. The summed E-state index contributed by atoms with van der Waals surface area (Å²) < 4.78 is 23.0. The van der Waals surface area contributed by atoms with Gasteiger partial charge in [-0.05, 0) is 45.0 Å². The van der Waals surface area contributed by atoms with Crippen molar-refractivity contribution in [3.05, 3.63) is 46.6 Å². The molecule has 0 atom stereocenters. The van der Waals surface area contributed by atoms with E-state index in [0.29, 0.717) is 39.9 Å². The molecule has 148 valence electrons. The maximum absolute atomic E-state index is 12.9. The van der Waals surface area contributed by atoms with Crippen LogP contribution >= 0.6 is 11.8 Å². The molecule has 0 aliphatic carbocycles.